The fourth-order valence-corrected chi connectivity index (χ4v) is 5.02. The van der Waals surface area contributed by atoms with E-state index in [1.807, 2.05) is 38.1 Å². The third kappa shape index (κ3) is 5.46. The van der Waals surface area contributed by atoms with Gasteiger partial charge in [0, 0.05) is 31.3 Å². The maximum Gasteiger partial charge on any atom is 0.244 e. The highest BCUT2D eigenvalue weighted by molar-refractivity contribution is 7.89. The highest BCUT2D eigenvalue weighted by Crippen LogP contribution is 2.22. The van der Waals surface area contributed by atoms with Crippen LogP contribution in [0.3, 0.4) is 0 Å². The third-order valence-electron chi connectivity index (χ3n) is 4.83. The molecule has 2 aromatic rings. The highest BCUT2D eigenvalue weighted by atomic mass is 35.5. The summed E-state index contributed by atoms with van der Waals surface area (Å²) in [6, 6.07) is 8.15. The molecular formula is C20H25ClN4O3S. The average Bonchev–Trinajstić information content (AvgIpc) is 3.13. The number of aromatic nitrogens is 2. The minimum atomic E-state index is -3.14. The van der Waals surface area contributed by atoms with E-state index in [0.29, 0.717) is 30.2 Å². The molecule has 1 aromatic heterocycles. The van der Waals surface area contributed by atoms with Crippen molar-refractivity contribution in [2.75, 3.05) is 25.4 Å². The monoisotopic (exact) mass is 436 g/mol. The Kier molecular flexibility index (Phi) is 6.77. The molecule has 2 heterocycles. The summed E-state index contributed by atoms with van der Waals surface area (Å²) in [6.07, 6.45) is 3.67. The normalized spacial score (nSPS) is 16.5. The first-order valence-electron chi connectivity index (χ1n) is 9.48. The van der Waals surface area contributed by atoms with E-state index in [0.717, 1.165) is 11.3 Å². The number of hydrogen-bond acceptors (Lipinski definition) is 4. The molecule has 7 nitrogen and oxygen atoms in total. The maximum atomic E-state index is 12.1. The Morgan fingerprint density at radius 3 is 2.66 bits per heavy atom. The van der Waals surface area contributed by atoms with E-state index < -0.39 is 10.0 Å². The van der Waals surface area contributed by atoms with Crippen molar-refractivity contribution in [3.8, 4) is 0 Å². The van der Waals surface area contributed by atoms with Crippen molar-refractivity contribution in [3.05, 3.63) is 57.9 Å². The SMILES string of the molecule is Cc1ccc(Cn2nc(C)c(/C=C/C(=O)NCCN3CCCS3(=O)=O)c2Cl)cc1. The molecule has 0 atom stereocenters. The number of rotatable bonds is 7. The number of carbonyl (C=O) groups excluding carboxylic acids is 1. The van der Waals surface area contributed by atoms with Crippen LogP contribution in [-0.4, -0.2) is 53.8 Å². The zero-order chi connectivity index (χ0) is 21.0. The van der Waals surface area contributed by atoms with Gasteiger partial charge in [-0.05, 0) is 31.9 Å². The quantitative estimate of drug-likeness (QED) is 0.675. The molecule has 0 saturated carbocycles. The second kappa shape index (κ2) is 9.11. The summed E-state index contributed by atoms with van der Waals surface area (Å²) in [7, 11) is -3.14. The number of aryl methyl sites for hydroxylation is 2. The molecule has 0 aliphatic carbocycles. The topological polar surface area (TPSA) is 84.3 Å². The molecule has 3 rings (SSSR count). The molecule has 0 unspecified atom stereocenters. The smallest absolute Gasteiger partial charge is 0.244 e. The fourth-order valence-electron chi connectivity index (χ4n) is 3.19. The number of amides is 1. The van der Waals surface area contributed by atoms with Crippen LogP contribution in [0.1, 0.15) is 28.8 Å². The van der Waals surface area contributed by atoms with Crippen molar-refractivity contribution in [3.63, 3.8) is 0 Å². The second-order valence-electron chi connectivity index (χ2n) is 7.13. The Labute approximate surface area is 176 Å². The standard InChI is InChI=1S/C20H25ClN4O3S/c1-15-4-6-17(7-5-15)14-25-20(21)18(16(2)23-25)8-9-19(26)22-10-12-24-11-3-13-29(24,27)28/h4-9H,3,10-14H2,1-2H3,(H,22,26)/b9-8+. The Morgan fingerprint density at radius 2 is 2.00 bits per heavy atom. The molecule has 1 aliphatic heterocycles. The van der Waals surface area contributed by atoms with Crippen LogP contribution in [0, 0.1) is 13.8 Å². The average molecular weight is 437 g/mol. The van der Waals surface area contributed by atoms with Crippen LogP contribution in [0.5, 0.6) is 0 Å². The van der Waals surface area contributed by atoms with Crippen molar-refractivity contribution in [1.82, 2.24) is 19.4 Å². The van der Waals surface area contributed by atoms with Crippen molar-refractivity contribution in [1.29, 1.82) is 0 Å². The van der Waals surface area contributed by atoms with Gasteiger partial charge in [0.2, 0.25) is 15.9 Å². The van der Waals surface area contributed by atoms with Crippen molar-refractivity contribution >= 4 is 33.6 Å². The minimum Gasteiger partial charge on any atom is -0.351 e. The first-order chi connectivity index (χ1) is 13.8. The molecule has 1 saturated heterocycles. The van der Waals surface area contributed by atoms with Gasteiger partial charge in [-0.25, -0.2) is 17.4 Å². The van der Waals surface area contributed by atoms with Crippen molar-refractivity contribution < 1.29 is 13.2 Å². The molecule has 1 N–H and O–H groups in total. The Bertz CT molecular complexity index is 1010. The molecule has 0 radical (unpaired) electrons. The summed E-state index contributed by atoms with van der Waals surface area (Å²) in [6.45, 7) is 5.49. The largest absolute Gasteiger partial charge is 0.351 e. The highest BCUT2D eigenvalue weighted by Gasteiger charge is 2.27. The van der Waals surface area contributed by atoms with Crippen molar-refractivity contribution in [2.24, 2.45) is 0 Å². The van der Waals surface area contributed by atoms with Gasteiger partial charge in [-0.2, -0.15) is 5.10 Å². The van der Waals surface area contributed by atoms with Gasteiger partial charge in [0.1, 0.15) is 5.15 Å². The number of nitrogens with one attached hydrogen (secondary N) is 1. The van der Waals surface area contributed by atoms with E-state index in [-0.39, 0.29) is 24.7 Å². The summed E-state index contributed by atoms with van der Waals surface area (Å²) >= 11 is 6.46. The van der Waals surface area contributed by atoms with E-state index in [1.54, 1.807) is 10.8 Å². The van der Waals surface area contributed by atoms with Crippen LogP contribution >= 0.6 is 11.6 Å². The fraction of sp³-hybridized carbons (Fsp3) is 0.400. The molecule has 1 amide bonds. The predicted molar refractivity (Wildman–Crippen MR) is 114 cm³/mol. The summed E-state index contributed by atoms with van der Waals surface area (Å²) in [4.78, 5) is 12.1. The zero-order valence-corrected chi connectivity index (χ0v) is 18.1. The van der Waals surface area contributed by atoms with E-state index in [9.17, 15) is 13.2 Å². The van der Waals surface area contributed by atoms with Gasteiger partial charge in [-0.15, -0.1) is 0 Å². The zero-order valence-electron chi connectivity index (χ0n) is 16.6. The van der Waals surface area contributed by atoms with E-state index in [1.165, 1.54) is 15.9 Å². The Morgan fingerprint density at radius 1 is 1.28 bits per heavy atom. The maximum absolute atomic E-state index is 12.1. The van der Waals surface area contributed by atoms with Crippen LogP contribution in [0.25, 0.3) is 6.08 Å². The summed E-state index contributed by atoms with van der Waals surface area (Å²) in [5.74, 6) is -0.117. The lowest BCUT2D eigenvalue weighted by Gasteiger charge is -2.13. The lowest BCUT2D eigenvalue weighted by molar-refractivity contribution is -0.116. The number of halogens is 1. The van der Waals surface area contributed by atoms with Gasteiger partial charge in [-0.1, -0.05) is 41.4 Å². The van der Waals surface area contributed by atoms with Crippen molar-refractivity contribution in [2.45, 2.75) is 26.8 Å². The van der Waals surface area contributed by atoms with Crippen LogP contribution in [0.4, 0.5) is 0 Å². The van der Waals surface area contributed by atoms with Gasteiger partial charge in [0.05, 0.1) is 18.0 Å². The van der Waals surface area contributed by atoms with Gasteiger partial charge in [0.15, 0.2) is 0 Å². The number of benzene rings is 1. The van der Waals surface area contributed by atoms with Gasteiger partial charge >= 0.3 is 0 Å². The molecule has 1 fully saturated rings. The molecule has 1 aromatic carbocycles. The molecule has 1 aliphatic rings. The molecule has 0 spiro atoms. The Hall–Kier alpha value is -2.16. The van der Waals surface area contributed by atoms with E-state index in [4.69, 9.17) is 11.6 Å². The number of hydrogen-bond donors (Lipinski definition) is 1. The van der Waals surface area contributed by atoms with Gasteiger partial charge in [0.25, 0.3) is 0 Å². The lowest BCUT2D eigenvalue weighted by atomic mass is 10.1. The van der Waals surface area contributed by atoms with Crippen LogP contribution in [-0.2, 0) is 21.4 Å². The molecule has 156 valence electrons. The van der Waals surface area contributed by atoms with E-state index in [2.05, 4.69) is 10.4 Å². The van der Waals surface area contributed by atoms with Gasteiger partial charge < -0.3 is 5.32 Å². The first-order valence-corrected chi connectivity index (χ1v) is 11.5. The number of carbonyl (C=O) groups is 1. The molecule has 9 heteroatoms. The van der Waals surface area contributed by atoms with Crippen LogP contribution in [0.15, 0.2) is 30.3 Å². The molecular weight excluding hydrogens is 412 g/mol. The predicted octanol–water partition coefficient (Wildman–Crippen LogP) is 2.37. The summed E-state index contributed by atoms with van der Waals surface area (Å²) in [5, 5.41) is 7.64. The molecule has 29 heavy (non-hydrogen) atoms. The second-order valence-corrected chi connectivity index (χ2v) is 9.57. The number of nitrogens with zero attached hydrogens (tertiary/aromatic N) is 3. The summed E-state index contributed by atoms with van der Waals surface area (Å²) < 4.78 is 26.6. The van der Waals surface area contributed by atoms with Crippen LogP contribution in [0.2, 0.25) is 5.15 Å². The molecule has 0 bridgehead atoms. The van der Waals surface area contributed by atoms with Gasteiger partial charge in [-0.3, -0.25) is 4.79 Å². The third-order valence-corrected chi connectivity index (χ3v) is 7.18. The summed E-state index contributed by atoms with van der Waals surface area (Å²) in [5.41, 5.74) is 3.70. The Balaban J connectivity index is 1.57. The van der Waals surface area contributed by atoms with Crippen LogP contribution < -0.4 is 5.32 Å². The lowest BCUT2D eigenvalue weighted by Crippen LogP contribution is -2.35. The minimum absolute atomic E-state index is 0.186. The van der Waals surface area contributed by atoms with E-state index >= 15 is 0 Å². The number of sulfonamides is 1. The first kappa shape index (κ1) is 21.5.